The zero-order chi connectivity index (χ0) is 13.7. The molecule has 0 amide bonds. The van der Waals surface area contributed by atoms with Crippen molar-refractivity contribution in [3.63, 3.8) is 0 Å². The van der Waals surface area contributed by atoms with Gasteiger partial charge in [-0.15, -0.1) is 0 Å². The summed E-state index contributed by atoms with van der Waals surface area (Å²) in [6, 6.07) is 11.7. The van der Waals surface area contributed by atoms with Crippen molar-refractivity contribution in [2.45, 2.75) is 0 Å². The lowest BCUT2D eigenvalue weighted by molar-refractivity contribution is 0.313. The molecule has 2 rings (SSSR count). The van der Waals surface area contributed by atoms with Crippen molar-refractivity contribution in [1.82, 2.24) is 4.90 Å². The summed E-state index contributed by atoms with van der Waals surface area (Å²) >= 11 is 0. The minimum atomic E-state index is 0.140. The summed E-state index contributed by atoms with van der Waals surface area (Å²) in [6.07, 6.45) is 1.66. The van der Waals surface area contributed by atoms with Crippen LogP contribution in [0.25, 0.3) is 6.08 Å². The van der Waals surface area contributed by atoms with Gasteiger partial charge in [0.2, 0.25) is 0 Å². The third-order valence-electron chi connectivity index (χ3n) is 3.32. The topological polar surface area (TPSA) is 54.1 Å². The lowest BCUT2D eigenvalue weighted by Gasteiger charge is -2.34. The molecule has 0 saturated carbocycles. The molecule has 1 fully saturated rings. The van der Waals surface area contributed by atoms with Crippen LogP contribution in [0.15, 0.2) is 29.8 Å². The molecule has 1 aliphatic rings. The monoisotopic (exact) mass is 252 g/mol. The van der Waals surface area contributed by atoms with E-state index in [1.54, 1.807) is 6.08 Å². The third-order valence-corrected chi connectivity index (χ3v) is 3.32. The highest BCUT2D eigenvalue weighted by Gasteiger charge is 2.16. The maximum atomic E-state index is 8.86. The van der Waals surface area contributed by atoms with Crippen molar-refractivity contribution in [3.8, 4) is 12.1 Å². The number of nitrogens with zero attached hydrogens (tertiary/aromatic N) is 4. The quantitative estimate of drug-likeness (QED) is 0.754. The molecule has 0 radical (unpaired) electrons. The number of nitriles is 2. The Bertz CT molecular complexity index is 538. The van der Waals surface area contributed by atoms with Gasteiger partial charge in [-0.1, -0.05) is 18.2 Å². The first-order chi connectivity index (χ1) is 9.24. The number of anilines is 1. The molecule has 4 heteroatoms. The molecular weight excluding hydrogens is 236 g/mol. The molecule has 0 aromatic heterocycles. The molecule has 1 aliphatic heterocycles. The normalized spacial score (nSPS) is 15.4. The molecule has 1 aromatic carbocycles. The van der Waals surface area contributed by atoms with Crippen LogP contribution in [0.1, 0.15) is 5.56 Å². The number of para-hydroxylation sites is 1. The molecule has 0 bridgehead atoms. The summed E-state index contributed by atoms with van der Waals surface area (Å²) in [5, 5.41) is 17.7. The highest BCUT2D eigenvalue weighted by Crippen LogP contribution is 2.23. The van der Waals surface area contributed by atoms with Crippen molar-refractivity contribution in [1.29, 1.82) is 10.5 Å². The molecular formula is C15H16N4. The minimum Gasteiger partial charge on any atom is -0.368 e. The molecule has 0 aliphatic carbocycles. The van der Waals surface area contributed by atoms with Gasteiger partial charge in [0, 0.05) is 31.9 Å². The Labute approximate surface area is 113 Å². The van der Waals surface area contributed by atoms with Gasteiger partial charge in [0.25, 0.3) is 0 Å². The van der Waals surface area contributed by atoms with Crippen LogP contribution in [0.4, 0.5) is 5.69 Å². The Morgan fingerprint density at radius 1 is 1.11 bits per heavy atom. The molecule has 1 saturated heterocycles. The maximum absolute atomic E-state index is 8.86. The van der Waals surface area contributed by atoms with Gasteiger partial charge < -0.3 is 9.80 Å². The molecule has 0 atom stereocenters. The van der Waals surface area contributed by atoms with E-state index in [9.17, 15) is 0 Å². The van der Waals surface area contributed by atoms with E-state index in [4.69, 9.17) is 10.5 Å². The van der Waals surface area contributed by atoms with Gasteiger partial charge in [-0.2, -0.15) is 10.5 Å². The zero-order valence-electron chi connectivity index (χ0n) is 11.0. The fraction of sp³-hybridized carbons (Fsp3) is 0.333. The second-order valence-electron chi connectivity index (χ2n) is 4.63. The Hall–Kier alpha value is -2.30. The molecule has 96 valence electrons. The number of piperazine rings is 1. The Morgan fingerprint density at radius 3 is 2.37 bits per heavy atom. The van der Waals surface area contributed by atoms with E-state index in [0.717, 1.165) is 37.4 Å². The van der Waals surface area contributed by atoms with Gasteiger partial charge in [0.05, 0.1) is 0 Å². The van der Waals surface area contributed by atoms with Crippen molar-refractivity contribution >= 4 is 11.8 Å². The number of rotatable bonds is 2. The first-order valence-electron chi connectivity index (χ1n) is 6.29. The van der Waals surface area contributed by atoms with Crippen molar-refractivity contribution < 1.29 is 0 Å². The van der Waals surface area contributed by atoms with E-state index in [1.165, 1.54) is 0 Å². The van der Waals surface area contributed by atoms with Crippen molar-refractivity contribution in [2.24, 2.45) is 0 Å². The molecule has 1 heterocycles. The highest BCUT2D eigenvalue weighted by atomic mass is 15.2. The van der Waals surface area contributed by atoms with Gasteiger partial charge in [0.15, 0.2) is 0 Å². The third kappa shape index (κ3) is 3.13. The maximum Gasteiger partial charge on any atom is 0.130 e. The van der Waals surface area contributed by atoms with Gasteiger partial charge in [-0.05, 0) is 24.8 Å². The van der Waals surface area contributed by atoms with Crippen LogP contribution in [-0.2, 0) is 0 Å². The SMILES string of the molecule is CN1CCN(c2ccccc2C=C(C#N)C#N)CC1. The standard InChI is InChI=1S/C15H16N4/c1-18-6-8-19(9-7-18)15-5-3-2-4-14(15)10-13(11-16)12-17/h2-5,10H,6-9H2,1H3. The van der Waals surface area contributed by atoms with Gasteiger partial charge >= 0.3 is 0 Å². The Morgan fingerprint density at radius 2 is 1.74 bits per heavy atom. The summed E-state index contributed by atoms with van der Waals surface area (Å²) in [7, 11) is 2.12. The van der Waals surface area contributed by atoms with Crippen LogP contribution < -0.4 is 4.90 Å². The predicted octanol–water partition coefficient (Wildman–Crippen LogP) is 1.87. The van der Waals surface area contributed by atoms with Crippen LogP contribution in [0.3, 0.4) is 0 Å². The predicted molar refractivity (Wildman–Crippen MR) is 75.4 cm³/mol. The van der Waals surface area contributed by atoms with E-state index in [2.05, 4.69) is 16.8 Å². The van der Waals surface area contributed by atoms with Crippen LogP contribution >= 0.6 is 0 Å². The molecule has 0 N–H and O–H groups in total. The van der Waals surface area contributed by atoms with Crippen LogP contribution in [-0.4, -0.2) is 38.1 Å². The van der Waals surface area contributed by atoms with E-state index < -0.39 is 0 Å². The summed E-state index contributed by atoms with van der Waals surface area (Å²) < 4.78 is 0. The summed E-state index contributed by atoms with van der Waals surface area (Å²) in [5.41, 5.74) is 2.17. The van der Waals surface area contributed by atoms with Gasteiger partial charge in [0.1, 0.15) is 17.7 Å². The van der Waals surface area contributed by atoms with Crippen molar-refractivity contribution in [3.05, 3.63) is 35.4 Å². The summed E-state index contributed by atoms with van der Waals surface area (Å²) in [5.74, 6) is 0. The fourth-order valence-electron chi connectivity index (χ4n) is 2.19. The number of allylic oxidation sites excluding steroid dienone is 1. The molecule has 0 unspecified atom stereocenters. The second-order valence-corrected chi connectivity index (χ2v) is 4.63. The average Bonchev–Trinajstić information content (AvgIpc) is 2.46. The van der Waals surface area contributed by atoms with E-state index in [0.29, 0.717) is 0 Å². The highest BCUT2D eigenvalue weighted by molar-refractivity contribution is 5.72. The number of likely N-dealkylation sites (N-methyl/N-ethyl adjacent to an activating group) is 1. The van der Waals surface area contributed by atoms with Crippen LogP contribution in [0.2, 0.25) is 0 Å². The first-order valence-corrected chi connectivity index (χ1v) is 6.29. The van der Waals surface area contributed by atoms with E-state index in [1.807, 2.05) is 36.4 Å². The first kappa shape index (κ1) is 13.1. The Kier molecular flexibility index (Phi) is 4.18. The Balaban J connectivity index is 2.30. The van der Waals surface area contributed by atoms with Gasteiger partial charge in [-0.25, -0.2) is 0 Å². The molecule has 4 nitrogen and oxygen atoms in total. The molecule has 0 spiro atoms. The number of hydrogen-bond donors (Lipinski definition) is 0. The van der Waals surface area contributed by atoms with Crippen molar-refractivity contribution in [2.75, 3.05) is 38.1 Å². The molecule has 1 aromatic rings. The zero-order valence-corrected chi connectivity index (χ0v) is 11.0. The van der Waals surface area contributed by atoms with E-state index >= 15 is 0 Å². The smallest absolute Gasteiger partial charge is 0.130 e. The molecule has 19 heavy (non-hydrogen) atoms. The van der Waals surface area contributed by atoms with E-state index in [-0.39, 0.29) is 5.57 Å². The number of hydrogen-bond acceptors (Lipinski definition) is 4. The fourth-order valence-corrected chi connectivity index (χ4v) is 2.19. The number of benzene rings is 1. The van der Waals surface area contributed by atoms with Crippen LogP contribution in [0.5, 0.6) is 0 Å². The second kappa shape index (κ2) is 6.04. The lowest BCUT2D eigenvalue weighted by atomic mass is 10.1. The lowest BCUT2D eigenvalue weighted by Crippen LogP contribution is -2.44. The minimum absolute atomic E-state index is 0.140. The largest absolute Gasteiger partial charge is 0.368 e. The summed E-state index contributed by atoms with van der Waals surface area (Å²) in [4.78, 5) is 4.60. The van der Waals surface area contributed by atoms with Crippen LogP contribution in [0, 0.1) is 22.7 Å². The van der Waals surface area contributed by atoms with Gasteiger partial charge in [-0.3, -0.25) is 0 Å². The summed E-state index contributed by atoms with van der Waals surface area (Å²) in [6.45, 7) is 3.99. The average molecular weight is 252 g/mol.